The van der Waals surface area contributed by atoms with Crippen molar-refractivity contribution >= 4 is 39.2 Å². The molecule has 0 aliphatic carbocycles. The van der Waals surface area contributed by atoms with Crippen molar-refractivity contribution in [2.45, 2.75) is 45.0 Å². The summed E-state index contributed by atoms with van der Waals surface area (Å²) in [6.45, 7) is 9.64. The molecule has 2 aromatic heterocycles. The van der Waals surface area contributed by atoms with Crippen LogP contribution in [0, 0.1) is 27.7 Å². The summed E-state index contributed by atoms with van der Waals surface area (Å²) in [5.74, 6) is -0.435. The molecule has 1 amide bonds. The van der Waals surface area contributed by atoms with Crippen LogP contribution in [0.1, 0.15) is 28.5 Å². The van der Waals surface area contributed by atoms with E-state index in [1.54, 1.807) is 11.5 Å². The molecule has 136 valence electrons. The number of amides is 1. The van der Waals surface area contributed by atoms with Crippen molar-refractivity contribution in [1.29, 1.82) is 0 Å². The lowest BCUT2D eigenvalue weighted by atomic mass is 10.1. The number of aromatic nitrogens is 2. The maximum absolute atomic E-state index is 13.4. The standard InChI is InChI=1S/C19H21N3O2S2/c1-9-6-7-14(10(2)8-9)22-18(24)15-11(3)12(4)25-17(15)21-19(22)26-13(5)16(20)23/h6-8,13H,1-5H3,(H2,20,23)/t13-/m0/s1. The number of thiophene rings is 1. The lowest BCUT2D eigenvalue weighted by molar-refractivity contribution is -0.117. The minimum Gasteiger partial charge on any atom is -0.369 e. The Morgan fingerprint density at radius 2 is 1.96 bits per heavy atom. The molecule has 0 bridgehead atoms. The van der Waals surface area contributed by atoms with E-state index in [4.69, 9.17) is 10.7 Å². The van der Waals surface area contributed by atoms with Gasteiger partial charge in [0.25, 0.3) is 5.56 Å². The van der Waals surface area contributed by atoms with Gasteiger partial charge in [-0.05, 0) is 51.8 Å². The number of thioether (sulfide) groups is 1. The number of hydrogen-bond donors (Lipinski definition) is 1. The lowest BCUT2D eigenvalue weighted by Crippen LogP contribution is -2.26. The average Bonchev–Trinajstić information content (AvgIpc) is 2.83. The second kappa shape index (κ2) is 6.89. The fourth-order valence-corrected chi connectivity index (χ4v) is 4.78. The number of hydrogen-bond acceptors (Lipinski definition) is 5. The number of nitrogens with two attached hydrogens (primary N) is 1. The minimum atomic E-state index is -0.487. The molecule has 2 heterocycles. The summed E-state index contributed by atoms with van der Waals surface area (Å²) < 4.78 is 1.61. The number of carbonyl (C=O) groups excluding carboxylic acids is 1. The fraction of sp³-hybridized carbons (Fsp3) is 0.316. The van der Waals surface area contributed by atoms with Gasteiger partial charge in [-0.25, -0.2) is 4.98 Å². The molecule has 0 saturated heterocycles. The second-order valence-corrected chi connectivity index (χ2v) is 8.96. The lowest BCUT2D eigenvalue weighted by Gasteiger charge is -2.16. The molecule has 0 fully saturated rings. The van der Waals surface area contributed by atoms with E-state index in [1.165, 1.54) is 23.1 Å². The Bertz CT molecular complexity index is 1080. The monoisotopic (exact) mass is 387 g/mol. The number of nitrogens with zero attached hydrogens (tertiary/aromatic N) is 2. The highest BCUT2D eigenvalue weighted by atomic mass is 32.2. The molecule has 0 aliphatic rings. The second-order valence-electron chi connectivity index (χ2n) is 6.45. The molecule has 3 aromatic rings. The number of primary amides is 1. The Labute approximate surface area is 160 Å². The van der Waals surface area contributed by atoms with E-state index in [9.17, 15) is 9.59 Å². The normalized spacial score (nSPS) is 12.5. The molecule has 0 radical (unpaired) electrons. The van der Waals surface area contributed by atoms with Crippen LogP contribution in [0.15, 0.2) is 28.2 Å². The molecule has 0 aliphatic heterocycles. The van der Waals surface area contributed by atoms with Crippen molar-refractivity contribution in [2.24, 2.45) is 5.73 Å². The van der Waals surface area contributed by atoms with E-state index >= 15 is 0 Å². The summed E-state index contributed by atoms with van der Waals surface area (Å²) in [6, 6.07) is 5.92. The molecule has 26 heavy (non-hydrogen) atoms. The van der Waals surface area contributed by atoms with E-state index in [1.807, 2.05) is 45.9 Å². The summed E-state index contributed by atoms with van der Waals surface area (Å²) >= 11 is 2.71. The molecule has 1 aromatic carbocycles. The summed E-state index contributed by atoms with van der Waals surface area (Å²) in [6.07, 6.45) is 0. The van der Waals surface area contributed by atoms with Crippen LogP contribution in [0.5, 0.6) is 0 Å². The third kappa shape index (κ3) is 3.17. The molecule has 7 heteroatoms. The molecule has 0 saturated carbocycles. The summed E-state index contributed by atoms with van der Waals surface area (Å²) in [7, 11) is 0. The average molecular weight is 388 g/mol. The Morgan fingerprint density at radius 1 is 1.27 bits per heavy atom. The van der Waals surface area contributed by atoms with Crippen LogP contribution in [0.4, 0.5) is 0 Å². The Balaban J connectivity index is 2.36. The third-order valence-electron chi connectivity index (χ3n) is 4.45. The van der Waals surface area contributed by atoms with Crippen molar-refractivity contribution < 1.29 is 4.79 Å². The van der Waals surface area contributed by atoms with Gasteiger partial charge in [-0.1, -0.05) is 29.5 Å². The van der Waals surface area contributed by atoms with Gasteiger partial charge in [-0.3, -0.25) is 14.2 Å². The van der Waals surface area contributed by atoms with E-state index < -0.39 is 11.2 Å². The van der Waals surface area contributed by atoms with E-state index in [-0.39, 0.29) is 5.56 Å². The van der Waals surface area contributed by atoms with Crippen LogP contribution >= 0.6 is 23.1 Å². The highest BCUT2D eigenvalue weighted by molar-refractivity contribution is 8.00. The van der Waals surface area contributed by atoms with Gasteiger partial charge in [0.05, 0.1) is 16.3 Å². The third-order valence-corrected chi connectivity index (χ3v) is 6.62. The molecule has 1 atom stereocenters. The predicted molar refractivity (Wildman–Crippen MR) is 109 cm³/mol. The van der Waals surface area contributed by atoms with Gasteiger partial charge >= 0.3 is 0 Å². The van der Waals surface area contributed by atoms with E-state index in [0.717, 1.165) is 27.3 Å². The Morgan fingerprint density at radius 3 is 2.58 bits per heavy atom. The van der Waals surface area contributed by atoms with Crippen molar-refractivity contribution in [1.82, 2.24) is 9.55 Å². The van der Waals surface area contributed by atoms with Crippen molar-refractivity contribution in [3.05, 3.63) is 50.1 Å². The quantitative estimate of drug-likeness (QED) is 0.547. The number of rotatable bonds is 4. The summed E-state index contributed by atoms with van der Waals surface area (Å²) in [5, 5.41) is 0.643. The smallest absolute Gasteiger partial charge is 0.267 e. The van der Waals surface area contributed by atoms with Crippen LogP contribution in [-0.2, 0) is 4.79 Å². The first-order valence-electron chi connectivity index (χ1n) is 8.27. The number of benzene rings is 1. The highest BCUT2D eigenvalue weighted by Gasteiger charge is 2.21. The first-order chi connectivity index (χ1) is 12.2. The first-order valence-corrected chi connectivity index (χ1v) is 9.96. The predicted octanol–water partition coefficient (Wildman–Crippen LogP) is 3.65. The molecule has 0 unspecified atom stereocenters. The number of aryl methyl sites for hydroxylation is 4. The zero-order valence-electron chi connectivity index (χ0n) is 15.4. The van der Waals surface area contributed by atoms with Crippen LogP contribution in [0.2, 0.25) is 0 Å². The van der Waals surface area contributed by atoms with Crippen LogP contribution in [0.3, 0.4) is 0 Å². The fourth-order valence-electron chi connectivity index (χ4n) is 2.84. The van der Waals surface area contributed by atoms with Gasteiger partial charge in [0.15, 0.2) is 5.16 Å². The molecular weight excluding hydrogens is 366 g/mol. The minimum absolute atomic E-state index is 0.108. The Kier molecular flexibility index (Phi) is 4.94. The van der Waals surface area contributed by atoms with Crippen molar-refractivity contribution in [2.75, 3.05) is 0 Å². The van der Waals surface area contributed by atoms with Crippen LogP contribution in [-0.4, -0.2) is 20.7 Å². The largest absolute Gasteiger partial charge is 0.369 e. The molecule has 5 nitrogen and oxygen atoms in total. The SMILES string of the molecule is Cc1ccc(-n2c(S[C@@H](C)C(N)=O)nc3sc(C)c(C)c3c2=O)c(C)c1. The van der Waals surface area contributed by atoms with Crippen molar-refractivity contribution in [3.63, 3.8) is 0 Å². The molecule has 2 N–H and O–H groups in total. The summed E-state index contributed by atoms with van der Waals surface area (Å²) in [5.41, 5.74) is 9.15. The molecule has 0 spiro atoms. The van der Waals surface area contributed by atoms with Gasteiger partial charge in [-0.15, -0.1) is 11.3 Å². The van der Waals surface area contributed by atoms with E-state index in [2.05, 4.69) is 0 Å². The Hall–Kier alpha value is -2.12. The van der Waals surface area contributed by atoms with Crippen LogP contribution < -0.4 is 11.3 Å². The number of carbonyl (C=O) groups is 1. The van der Waals surface area contributed by atoms with Gasteiger partial charge < -0.3 is 5.73 Å². The zero-order valence-corrected chi connectivity index (χ0v) is 17.0. The van der Waals surface area contributed by atoms with Gasteiger partial charge in [0.1, 0.15) is 4.83 Å². The zero-order chi connectivity index (χ0) is 19.2. The van der Waals surface area contributed by atoms with Crippen LogP contribution in [0.25, 0.3) is 15.9 Å². The summed E-state index contributed by atoms with van der Waals surface area (Å²) in [4.78, 5) is 31.4. The van der Waals surface area contributed by atoms with Gasteiger partial charge in [0, 0.05) is 4.88 Å². The number of fused-ring (bicyclic) bond motifs is 1. The molecular formula is C19H21N3O2S2. The van der Waals surface area contributed by atoms with E-state index in [0.29, 0.717) is 15.4 Å². The topological polar surface area (TPSA) is 78.0 Å². The molecule has 3 rings (SSSR count). The van der Waals surface area contributed by atoms with Gasteiger partial charge in [0.2, 0.25) is 5.91 Å². The van der Waals surface area contributed by atoms with Gasteiger partial charge in [-0.2, -0.15) is 0 Å². The maximum Gasteiger partial charge on any atom is 0.267 e. The highest BCUT2D eigenvalue weighted by Crippen LogP contribution is 2.31. The maximum atomic E-state index is 13.4. The first kappa shape index (κ1) is 18.7. The van der Waals surface area contributed by atoms with Crippen molar-refractivity contribution in [3.8, 4) is 5.69 Å².